The average Bonchev–Trinajstić information content (AvgIpc) is 3.10. The van der Waals surface area contributed by atoms with Gasteiger partial charge in [0.25, 0.3) is 6.02 Å². The largest absolute Gasteiger partial charge is 0.487 e. The summed E-state index contributed by atoms with van der Waals surface area (Å²) in [6.45, 7) is 1.00. The fourth-order valence-electron chi connectivity index (χ4n) is 4.17. The van der Waals surface area contributed by atoms with E-state index in [4.69, 9.17) is 25.2 Å². The van der Waals surface area contributed by atoms with Gasteiger partial charge in [-0.3, -0.25) is 4.98 Å². The maximum Gasteiger partial charge on any atom is 0.283 e. The Labute approximate surface area is 156 Å². The zero-order valence-corrected chi connectivity index (χ0v) is 14.6. The first-order chi connectivity index (χ1) is 13.2. The molecule has 7 nitrogen and oxygen atoms in total. The van der Waals surface area contributed by atoms with E-state index >= 15 is 0 Å². The number of ether oxygens (including phenoxy) is 3. The highest BCUT2D eigenvalue weighted by atomic mass is 16.6. The topological polar surface area (TPSA) is 103 Å². The van der Waals surface area contributed by atoms with E-state index in [0.29, 0.717) is 18.8 Å². The van der Waals surface area contributed by atoms with Crippen molar-refractivity contribution in [2.75, 3.05) is 13.2 Å². The minimum absolute atomic E-state index is 0.0704. The smallest absolute Gasteiger partial charge is 0.283 e. The summed E-state index contributed by atoms with van der Waals surface area (Å²) in [6, 6.07) is 10.0. The number of rotatable bonds is 1. The van der Waals surface area contributed by atoms with Crippen LogP contribution in [0.3, 0.4) is 0 Å². The van der Waals surface area contributed by atoms with E-state index in [-0.39, 0.29) is 18.2 Å². The molecule has 0 aliphatic carbocycles. The number of aromatic nitrogens is 1. The van der Waals surface area contributed by atoms with Crippen molar-refractivity contribution in [1.29, 1.82) is 5.26 Å². The second-order valence-corrected chi connectivity index (χ2v) is 7.04. The van der Waals surface area contributed by atoms with E-state index in [2.05, 4.69) is 16.0 Å². The number of amidine groups is 1. The molecule has 3 aliphatic heterocycles. The van der Waals surface area contributed by atoms with Gasteiger partial charge in [-0.15, -0.1) is 0 Å². The predicted molar refractivity (Wildman–Crippen MR) is 97.0 cm³/mol. The number of fused-ring (bicyclic) bond motifs is 4. The summed E-state index contributed by atoms with van der Waals surface area (Å²) in [6.07, 6.45) is 4.84. The Balaban J connectivity index is 1.66. The standard InChI is InChI=1S/C20H18N4O3/c21-8-12-6-14(10-23-9-12)13-3-4-16-15(7-13)20(11-26-19(22)24-20)18-17(27-16)2-1-5-25-18/h3-4,6-7,9-10,17-18H,1-2,5,11H2,(H2,22,24). The molecule has 0 saturated carbocycles. The van der Waals surface area contributed by atoms with Gasteiger partial charge in [0.1, 0.15) is 30.6 Å². The van der Waals surface area contributed by atoms with Crippen molar-refractivity contribution in [2.24, 2.45) is 10.7 Å². The Kier molecular flexibility index (Phi) is 3.55. The van der Waals surface area contributed by atoms with Crippen molar-refractivity contribution in [3.63, 3.8) is 0 Å². The lowest BCUT2D eigenvalue weighted by Crippen LogP contribution is -2.55. The van der Waals surface area contributed by atoms with Crippen LogP contribution in [0.2, 0.25) is 0 Å². The van der Waals surface area contributed by atoms with E-state index < -0.39 is 5.54 Å². The van der Waals surface area contributed by atoms with Crippen LogP contribution in [0.5, 0.6) is 5.75 Å². The molecule has 7 heteroatoms. The summed E-state index contributed by atoms with van der Waals surface area (Å²) in [4.78, 5) is 8.83. The zero-order chi connectivity index (χ0) is 18.4. The van der Waals surface area contributed by atoms with Gasteiger partial charge in [0.2, 0.25) is 0 Å². The van der Waals surface area contributed by atoms with E-state index in [1.165, 1.54) is 0 Å². The third-order valence-electron chi connectivity index (χ3n) is 5.41. The summed E-state index contributed by atoms with van der Waals surface area (Å²) in [7, 11) is 0. The van der Waals surface area contributed by atoms with Gasteiger partial charge in [-0.2, -0.15) is 5.26 Å². The molecule has 1 aromatic carbocycles. The third-order valence-corrected chi connectivity index (χ3v) is 5.41. The first-order valence-corrected chi connectivity index (χ1v) is 8.96. The van der Waals surface area contributed by atoms with Crippen LogP contribution in [0, 0.1) is 11.3 Å². The minimum Gasteiger partial charge on any atom is -0.487 e. The van der Waals surface area contributed by atoms with Crippen LogP contribution >= 0.6 is 0 Å². The number of aliphatic imine (C=N–C) groups is 1. The molecule has 27 heavy (non-hydrogen) atoms. The molecule has 1 aromatic heterocycles. The molecule has 136 valence electrons. The fourth-order valence-corrected chi connectivity index (χ4v) is 4.17. The van der Waals surface area contributed by atoms with Gasteiger partial charge in [0, 0.05) is 30.1 Å². The first kappa shape index (κ1) is 16.1. The highest BCUT2D eigenvalue weighted by Gasteiger charge is 2.55. The first-order valence-electron chi connectivity index (χ1n) is 8.96. The molecule has 1 spiro atoms. The number of pyridine rings is 1. The van der Waals surface area contributed by atoms with Crippen molar-refractivity contribution in [3.8, 4) is 22.9 Å². The summed E-state index contributed by atoms with van der Waals surface area (Å²) >= 11 is 0. The van der Waals surface area contributed by atoms with Crippen molar-refractivity contribution in [1.82, 2.24) is 4.98 Å². The van der Waals surface area contributed by atoms with Crippen molar-refractivity contribution in [2.45, 2.75) is 30.6 Å². The fraction of sp³-hybridized carbons (Fsp3) is 0.350. The molecule has 3 aliphatic rings. The molecule has 2 N–H and O–H groups in total. The van der Waals surface area contributed by atoms with Crippen LogP contribution in [-0.2, 0) is 15.0 Å². The Morgan fingerprint density at radius 1 is 1.22 bits per heavy atom. The molecule has 0 radical (unpaired) electrons. The van der Waals surface area contributed by atoms with E-state index in [1.54, 1.807) is 12.4 Å². The number of nitrogens with zero attached hydrogens (tertiary/aromatic N) is 3. The van der Waals surface area contributed by atoms with Crippen molar-refractivity contribution < 1.29 is 14.2 Å². The Bertz CT molecular complexity index is 983. The Morgan fingerprint density at radius 2 is 2.15 bits per heavy atom. The number of benzene rings is 1. The maximum atomic E-state index is 9.15. The predicted octanol–water partition coefficient (Wildman–Crippen LogP) is 2.10. The number of nitriles is 1. The van der Waals surface area contributed by atoms with Gasteiger partial charge in [0.15, 0.2) is 5.54 Å². The van der Waals surface area contributed by atoms with Gasteiger partial charge < -0.3 is 19.9 Å². The molecule has 3 unspecified atom stereocenters. The molecular formula is C20H18N4O3. The SMILES string of the molecule is N#Cc1cncc(-c2ccc3c(c2)C2(COC(N)=N2)C2OCCCC2O3)c1. The number of hydrogen-bond acceptors (Lipinski definition) is 7. The van der Waals surface area contributed by atoms with Crippen LogP contribution in [0.1, 0.15) is 24.0 Å². The minimum atomic E-state index is -0.709. The monoisotopic (exact) mass is 362 g/mol. The molecule has 5 rings (SSSR count). The summed E-state index contributed by atoms with van der Waals surface area (Å²) < 4.78 is 17.9. The second-order valence-electron chi connectivity index (χ2n) is 7.04. The molecular weight excluding hydrogens is 344 g/mol. The van der Waals surface area contributed by atoms with Crippen molar-refractivity contribution in [3.05, 3.63) is 47.8 Å². The van der Waals surface area contributed by atoms with E-state index in [0.717, 1.165) is 35.3 Å². The van der Waals surface area contributed by atoms with Crippen LogP contribution < -0.4 is 10.5 Å². The summed E-state index contributed by atoms with van der Waals surface area (Å²) in [5, 5.41) is 9.15. The van der Waals surface area contributed by atoms with Crippen molar-refractivity contribution >= 4 is 6.02 Å². The lowest BCUT2D eigenvalue weighted by molar-refractivity contribution is -0.117. The highest BCUT2D eigenvalue weighted by molar-refractivity contribution is 5.75. The molecule has 0 amide bonds. The van der Waals surface area contributed by atoms with Crippen LogP contribution in [0.25, 0.3) is 11.1 Å². The molecule has 3 atom stereocenters. The maximum absolute atomic E-state index is 9.15. The van der Waals surface area contributed by atoms with Crippen LogP contribution in [0.15, 0.2) is 41.7 Å². The van der Waals surface area contributed by atoms with Gasteiger partial charge >= 0.3 is 0 Å². The Hall–Kier alpha value is -3.11. The van der Waals surface area contributed by atoms with Gasteiger partial charge in [0.05, 0.1) is 5.56 Å². The van der Waals surface area contributed by atoms with Gasteiger partial charge in [-0.1, -0.05) is 6.07 Å². The zero-order valence-electron chi connectivity index (χ0n) is 14.6. The Morgan fingerprint density at radius 3 is 2.96 bits per heavy atom. The van der Waals surface area contributed by atoms with Gasteiger partial charge in [-0.25, -0.2) is 4.99 Å². The number of nitrogens with two attached hydrogens (primary N) is 1. The van der Waals surface area contributed by atoms with Gasteiger partial charge in [-0.05, 0) is 36.6 Å². The van der Waals surface area contributed by atoms with E-state index in [1.807, 2.05) is 24.3 Å². The lowest BCUT2D eigenvalue weighted by atomic mass is 9.77. The average molecular weight is 362 g/mol. The molecule has 1 saturated heterocycles. The summed E-state index contributed by atoms with van der Waals surface area (Å²) in [5.74, 6) is 0.775. The third kappa shape index (κ3) is 2.45. The highest BCUT2D eigenvalue weighted by Crippen LogP contribution is 2.49. The summed E-state index contributed by atoms with van der Waals surface area (Å²) in [5.41, 5.74) is 8.37. The number of hydrogen-bond donors (Lipinski definition) is 1. The van der Waals surface area contributed by atoms with E-state index in [9.17, 15) is 0 Å². The molecule has 2 aromatic rings. The van der Waals surface area contributed by atoms with Crippen LogP contribution in [0.4, 0.5) is 0 Å². The molecule has 4 heterocycles. The van der Waals surface area contributed by atoms with Crippen LogP contribution in [-0.4, -0.2) is 36.4 Å². The normalized spacial score (nSPS) is 28.3. The quantitative estimate of drug-likeness (QED) is 0.833. The molecule has 0 bridgehead atoms. The lowest BCUT2D eigenvalue weighted by Gasteiger charge is -2.45. The molecule has 1 fully saturated rings. The second kappa shape index (κ2) is 5.96.